The van der Waals surface area contributed by atoms with Gasteiger partial charge in [-0.05, 0) is 49.9 Å². The molecule has 28 heavy (non-hydrogen) atoms. The van der Waals surface area contributed by atoms with Crippen molar-refractivity contribution in [1.82, 2.24) is 4.98 Å². The maximum absolute atomic E-state index is 11.0. The van der Waals surface area contributed by atoms with Gasteiger partial charge < -0.3 is 9.64 Å². The van der Waals surface area contributed by atoms with Crippen molar-refractivity contribution in [2.75, 3.05) is 11.4 Å². The Morgan fingerprint density at radius 1 is 1.18 bits per heavy atom. The molecule has 1 unspecified atom stereocenters. The molecule has 1 aliphatic heterocycles. The zero-order valence-corrected chi connectivity index (χ0v) is 15.9. The van der Waals surface area contributed by atoms with E-state index < -0.39 is 4.92 Å². The molecule has 0 bridgehead atoms. The topological polar surface area (TPSA) is 68.5 Å². The number of para-hydroxylation sites is 1. The van der Waals surface area contributed by atoms with Gasteiger partial charge in [0.05, 0.1) is 4.92 Å². The van der Waals surface area contributed by atoms with Crippen molar-refractivity contribution in [3.63, 3.8) is 0 Å². The fourth-order valence-electron chi connectivity index (χ4n) is 3.75. The molecule has 0 saturated carbocycles. The number of piperidine rings is 1. The summed E-state index contributed by atoms with van der Waals surface area (Å²) >= 11 is 0. The van der Waals surface area contributed by atoms with Gasteiger partial charge in [0.2, 0.25) is 0 Å². The highest BCUT2D eigenvalue weighted by atomic mass is 16.6. The van der Waals surface area contributed by atoms with Gasteiger partial charge in [-0.2, -0.15) is 0 Å². The lowest BCUT2D eigenvalue weighted by molar-refractivity contribution is -0.384. The number of benzene rings is 2. The number of nitrogens with zero attached hydrogens (tertiary/aromatic N) is 3. The summed E-state index contributed by atoms with van der Waals surface area (Å²) in [5.74, 6) is 1.67. The molecule has 2 aromatic carbocycles. The molecule has 1 saturated heterocycles. The van der Waals surface area contributed by atoms with Gasteiger partial charge in [0, 0.05) is 30.1 Å². The monoisotopic (exact) mass is 377 g/mol. The largest absolute Gasteiger partial charge is 0.487 e. The molecular formula is C22H23N3O3. The molecule has 1 fully saturated rings. The molecule has 2 heterocycles. The number of non-ortho nitro benzene ring substituents is 1. The minimum absolute atomic E-state index is 0.0681. The van der Waals surface area contributed by atoms with Crippen LogP contribution in [0.25, 0.3) is 10.9 Å². The van der Waals surface area contributed by atoms with Crippen LogP contribution in [0.2, 0.25) is 0 Å². The Morgan fingerprint density at radius 2 is 2.04 bits per heavy atom. The Labute approximate surface area is 163 Å². The van der Waals surface area contributed by atoms with Crippen LogP contribution in [0.5, 0.6) is 5.75 Å². The second-order valence-corrected chi connectivity index (χ2v) is 7.25. The third-order valence-electron chi connectivity index (χ3n) is 5.28. The number of aromatic nitrogens is 1. The van der Waals surface area contributed by atoms with Crippen molar-refractivity contribution in [3.8, 4) is 5.75 Å². The van der Waals surface area contributed by atoms with E-state index in [2.05, 4.69) is 24.0 Å². The molecule has 0 radical (unpaired) electrons. The SMILES string of the molecule is CC1CCCCN1c1ccc2cccc(OCc3cccc([N+](=O)[O-])c3)c2n1. The second-order valence-electron chi connectivity index (χ2n) is 7.25. The van der Waals surface area contributed by atoms with E-state index in [1.807, 2.05) is 24.3 Å². The average Bonchev–Trinajstić information content (AvgIpc) is 2.72. The van der Waals surface area contributed by atoms with Crippen LogP contribution >= 0.6 is 0 Å². The first-order valence-electron chi connectivity index (χ1n) is 9.64. The van der Waals surface area contributed by atoms with E-state index in [0.717, 1.165) is 28.8 Å². The summed E-state index contributed by atoms with van der Waals surface area (Å²) in [4.78, 5) is 17.8. The van der Waals surface area contributed by atoms with Gasteiger partial charge in [0.1, 0.15) is 23.7 Å². The average molecular weight is 377 g/mol. The van der Waals surface area contributed by atoms with Crippen LogP contribution in [-0.4, -0.2) is 22.5 Å². The number of nitro benzene ring substituents is 1. The maximum Gasteiger partial charge on any atom is 0.269 e. The van der Waals surface area contributed by atoms with Gasteiger partial charge in [0.15, 0.2) is 0 Å². The van der Waals surface area contributed by atoms with Gasteiger partial charge in [-0.1, -0.05) is 24.3 Å². The quantitative estimate of drug-likeness (QED) is 0.457. The Balaban J connectivity index is 1.60. The summed E-state index contributed by atoms with van der Waals surface area (Å²) in [7, 11) is 0. The second kappa shape index (κ2) is 7.84. The minimum Gasteiger partial charge on any atom is -0.487 e. The van der Waals surface area contributed by atoms with Crippen molar-refractivity contribution in [3.05, 3.63) is 70.3 Å². The van der Waals surface area contributed by atoms with E-state index in [1.165, 1.54) is 25.3 Å². The highest BCUT2D eigenvalue weighted by molar-refractivity contribution is 5.86. The number of fused-ring (bicyclic) bond motifs is 1. The Bertz CT molecular complexity index is 1010. The molecule has 1 atom stereocenters. The van der Waals surface area contributed by atoms with Crippen molar-refractivity contribution in [1.29, 1.82) is 0 Å². The highest BCUT2D eigenvalue weighted by Gasteiger charge is 2.20. The summed E-state index contributed by atoms with van der Waals surface area (Å²) in [5.41, 5.74) is 1.65. The van der Waals surface area contributed by atoms with E-state index in [1.54, 1.807) is 12.1 Å². The van der Waals surface area contributed by atoms with E-state index in [0.29, 0.717) is 11.8 Å². The van der Waals surface area contributed by atoms with Gasteiger partial charge in [0.25, 0.3) is 5.69 Å². The van der Waals surface area contributed by atoms with Crippen molar-refractivity contribution in [2.24, 2.45) is 0 Å². The first-order chi connectivity index (χ1) is 13.6. The van der Waals surface area contributed by atoms with Gasteiger partial charge in [-0.3, -0.25) is 10.1 Å². The van der Waals surface area contributed by atoms with Crippen LogP contribution in [0.15, 0.2) is 54.6 Å². The van der Waals surface area contributed by atoms with E-state index >= 15 is 0 Å². The van der Waals surface area contributed by atoms with E-state index in [4.69, 9.17) is 9.72 Å². The number of anilines is 1. The Hall–Kier alpha value is -3.15. The molecular weight excluding hydrogens is 354 g/mol. The molecule has 1 aliphatic rings. The molecule has 0 aliphatic carbocycles. The number of nitro groups is 1. The lowest BCUT2D eigenvalue weighted by Crippen LogP contribution is -2.37. The van der Waals surface area contributed by atoms with Crippen LogP contribution in [0.4, 0.5) is 11.5 Å². The number of rotatable bonds is 5. The number of pyridine rings is 1. The molecule has 0 amide bonds. The molecule has 4 rings (SSSR count). The lowest BCUT2D eigenvalue weighted by Gasteiger charge is -2.34. The van der Waals surface area contributed by atoms with Crippen molar-refractivity contribution in [2.45, 2.75) is 38.8 Å². The van der Waals surface area contributed by atoms with E-state index in [-0.39, 0.29) is 12.3 Å². The summed E-state index contributed by atoms with van der Waals surface area (Å²) in [6.45, 7) is 3.53. The zero-order valence-electron chi connectivity index (χ0n) is 15.9. The van der Waals surface area contributed by atoms with Crippen molar-refractivity contribution >= 4 is 22.4 Å². The molecule has 3 aromatic rings. The number of hydrogen-bond donors (Lipinski definition) is 0. The molecule has 0 N–H and O–H groups in total. The number of ether oxygens (including phenoxy) is 1. The van der Waals surface area contributed by atoms with Crippen molar-refractivity contribution < 1.29 is 9.66 Å². The predicted molar refractivity (Wildman–Crippen MR) is 110 cm³/mol. The van der Waals surface area contributed by atoms with E-state index in [9.17, 15) is 10.1 Å². The van der Waals surface area contributed by atoms with Crippen LogP contribution in [0.1, 0.15) is 31.7 Å². The Kier molecular flexibility index (Phi) is 5.10. The lowest BCUT2D eigenvalue weighted by atomic mass is 10.0. The Morgan fingerprint density at radius 3 is 2.86 bits per heavy atom. The first-order valence-corrected chi connectivity index (χ1v) is 9.64. The fourth-order valence-corrected chi connectivity index (χ4v) is 3.75. The summed E-state index contributed by atoms with van der Waals surface area (Å²) in [5, 5.41) is 12.0. The smallest absolute Gasteiger partial charge is 0.269 e. The normalized spacial score (nSPS) is 16.9. The maximum atomic E-state index is 11.0. The third kappa shape index (κ3) is 3.76. The number of hydrogen-bond acceptors (Lipinski definition) is 5. The summed E-state index contributed by atoms with van der Waals surface area (Å²) in [6, 6.07) is 17.0. The fraction of sp³-hybridized carbons (Fsp3) is 0.318. The zero-order chi connectivity index (χ0) is 19.5. The molecule has 0 spiro atoms. The molecule has 1 aromatic heterocycles. The van der Waals surface area contributed by atoms with Gasteiger partial charge >= 0.3 is 0 Å². The van der Waals surface area contributed by atoms with Gasteiger partial charge in [-0.15, -0.1) is 0 Å². The van der Waals surface area contributed by atoms with Crippen LogP contribution in [0, 0.1) is 10.1 Å². The minimum atomic E-state index is -0.394. The predicted octanol–water partition coefficient (Wildman–Crippen LogP) is 5.10. The molecule has 144 valence electrons. The third-order valence-corrected chi connectivity index (χ3v) is 5.28. The summed E-state index contributed by atoms with van der Waals surface area (Å²) in [6.07, 6.45) is 3.64. The molecule has 6 nitrogen and oxygen atoms in total. The van der Waals surface area contributed by atoms with Crippen LogP contribution < -0.4 is 9.64 Å². The first kappa shape index (κ1) is 18.2. The highest BCUT2D eigenvalue weighted by Crippen LogP contribution is 2.30. The van der Waals surface area contributed by atoms with Crippen LogP contribution in [0.3, 0.4) is 0 Å². The van der Waals surface area contributed by atoms with Crippen LogP contribution in [-0.2, 0) is 6.61 Å². The van der Waals surface area contributed by atoms with Gasteiger partial charge in [-0.25, -0.2) is 4.98 Å². The summed E-state index contributed by atoms with van der Waals surface area (Å²) < 4.78 is 6.01. The molecule has 6 heteroatoms. The standard InChI is InChI=1S/C22H23N3O3/c1-16-6-2-3-13-24(16)21-12-11-18-8-5-10-20(22(18)23-21)28-15-17-7-4-9-19(14-17)25(26)27/h4-5,7-12,14,16H,2-3,6,13,15H2,1H3.